The summed E-state index contributed by atoms with van der Waals surface area (Å²) in [5.74, 6) is -0.744. The first kappa shape index (κ1) is 21.0. The Kier molecular flexibility index (Phi) is 6.37. The fourth-order valence-electron chi connectivity index (χ4n) is 2.06. The molecule has 0 amide bonds. The van der Waals surface area contributed by atoms with Gasteiger partial charge in [0.25, 0.3) is 10.0 Å². The van der Waals surface area contributed by atoms with Gasteiger partial charge in [-0.1, -0.05) is 12.1 Å². The van der Waals surface area contributed by atoms with Crippen LogP contribution in [0.4, 0.5) is 24.5 Å². The van der Waals surface area contributed by atoms with E-state index in [1.54, 1.807) is 0 Å². The molecule has 0 aliphatic carbocycles. The van der Waals surface area contributed by atoms with Gasteiger partial charge in [-0.2, -0.15) is 13.2 Å². The van der Waals surface area contributed by atoms with Gasteiger partial charge < -0.3 is 10.1 Å². The molecule has 2 rings (SSSR count). The van der Waals surface area contributed by atoms with Gasteiger partial charge in [-0.25, -0.2) is 13.2 Å². The van der Waals surface area contributed by atoms with E-state index in [2.05, 4.69) is 30.7 Å². The van der Waals surface area contributed by atoms with E-state index in [1.807, 2.05) is 0 Å². The van der Waals surface area contributed by atoms with Gasteiger partial charge in [0, 0.05) is 4.47 Å². The summed E-state index contributed by atoms with van der Waals surface area (Å²) < 4.78 is 69.6. The average molecular weight is 467 g/mol. The number of benzene rings is 2. The molecule has 0 aliphatic rings. The van der Waals surface area contributed by atoms with E-state index in [9.17, 15) is 26.4 Å². The summed E-state index contributed by atoms with van der Waals surface area (Å²) in [5.41, 5.74) is -0.114. The van der Waals surface area contributed by atoms with Crippen LogP contribution in [0.15, 0.2) is 51.8 Å². The summed E-state index contributed by atoms with van der Waals surface area (Å²) in [4.78, 5) is 11.5. The van der Waals surface area contributed by atoms with Crippen molar-refractivity contribution >= 4 is 43.3 Å². The molecule has 0 atom stereocenters. The van der Waals surface area contributed by atoms with Crippen molar-refractivity contribution in [3.63, 3.8) is 0 Å². The van der Waals surface area contributed by atoms with Gasteiger partial charge in [0.15, 0.2) is 0 Å². The minimum Gasteiger partial charge on any atom is -0.465 e. The van der Waals surface area contributed by atoms with Crippen molar-refractivity contribution < 1.29 is 31.1 Å². The third-order valence-corrected chi connectivity index (χ3v) is 5.36. The largest absolute Gasteiger partial charge is 0.465 e. The molecular weight excluding hydrogens is 453 g/mol. The maximum Gasteiger partial charge on any atom is 0.405 e. The number of hydrogen-bond donors (Lipinski definition) is 2. The summed E-state index contributed by atoms with van der Waals surface area (Å²) in [6.07, 6.45) is -4.47. The number of carbonyl (C=O) groups excluding carboxylic acids is 1. The minimum absolute atomic E-state index is 0.0103. The monoisotopic (exact) mass is 466 g/mol. The lowest BCUT2D eigenvalue weighted by Gasteiger charge is -2.15. The number of halogens is 4. The number of esters is 1. The topological polar surface area (TPSA) is 84.5 Å². The lowest BCUT2D eigenvalue weighted by molar-refractivity contribution is -0.115. The molecule has 0 aliphatic heterocycles. The number of carbonyl (C=O) groups is 1. The zero-order valence-electron chi connectivity index (χ0n) is 13.8. The SMILES string of the molecule is COC(=O)c1cc(S(=O)(=O)Nc2ccccc2NCC(F)(F)F)ccc1Br. The third kappa shape index (κ3) is 5.60. The van der Waals surface area contributed by atoms with Crippen LogP contribution in [0.5, 0.6) is 0 Å². The van der Waals surface area contributed by atoms with Gasteiger partial charge in [0.2, 0.25) is 0 Å². The Morgan fingerprint density at radius 3 is 2.37 bits per heavy atom. The van der Waals surface area contributed by atoms with Gasteiger partial charge in [-0.15, -0.1) is 0 Å². The molecule has 0 unspecified atom stereocenters. The van der Waals surface area contributed by atoms with Crippen LogP contribution >= 0.6 is 15.9 Å². The van der Waals surface area contributed by atoms with Gasteiger partial charge in [0.05, 0.1) is 28.9 Å². The summed E-state index contributed by atoms with van der Waals surface area (Å²) in [6, 6.07) is 9.26. The Labute approximate surface area is 161 Å². The van der Waals surface area contributed by atoms with Gasteiger partial charge in [0.1, 0.15) is 6.54 Å². The third-order valence-electron chi connectivity index (χ3n) is 3.30. The van der Waals surface area contributed by atoms with Crippen molar-refractivity contribution in [3.05, 3.63) is 52.5 Å². The van der Waals surface area contributed by atoms with E-state index >= 15 is 0 Å². The second-order valence-electron chi connectivity index (χ2n) is 5.25. The van der Waals surface area contributed by atoms with E-state index in [-0.39, 0.29) is 21.8 Å². The Bertz CT molecular complexity index is 949. The fraction of sp³-hybridized carbons (Fsp3) is 0.188. The molecule has 6 nitrogen and oxygen atoms in total. The maximum atomic E-state index is 12.6. The summed E-state index contributed by atoms with van der Waals surface area (Å²) in [6.45, 7) is -1.32. The maximum absolute atomic E-state index is 12.6. The number of alkyl halides is 3. The molecule has 2 aromatic rings. The lowest BCUT2D eigenvalue weighted by atomic mass is 10.2. The highest BCUT2D eigenvalue weighted by atomic mass is 79.9. The van der Waals surface area contributed by atoms with E-state index in [0.29, 0.717) is 4.47 Å². The molecule has 0 saturated carbocycles. The van der Waals surface area contributed by atoms with E-state index in [4.69, 9.17) is 0 Å². The molecule has 27 heavy (non-hydrogen) atoms. The molecule has 0 aromatic heterocycles. The first-order chi connectivity index (χ1) is 12.5. The van der Waals surface area contributed by atoms with Crippen molar-refractivity contribution in [3.8, 4) is 0 Å². The van der Waals surface area contributed by atoms with Gasteiger partial charge in [-0.3, -0.25) is 4.72 Å². The molecule has 146 valence electrons. The molecule has 0 bridgehead atoms. The van der Waals surface area contributed by atoms with Crippen LogP contribution in [0, 0.1) is 0 Å². The number of ether oxygens (including phenoxy) is 1. The second-order valence-corrected chi connectivity index (χ2v) is 7.79. The van der Waals surface area contributed by atoms with Crippen molar-refractivity contribution in [1.82, 2.24) is 0 Å². The number of nitrogens with one attached hydrogen (secondary N) is 2. The molecule has 2 aromatic carbocycles. The van der Waals surface area contributed by atoms with Crippen molar-refractivity contribution in [2.24, 2.45) is 0 Å². The molecule has 0 heterocycles. The van der Waals surface area contributed by atoms with E-state index in [0.717, 1.165) is 13.2 Å². The van der Waals surface area contributed by atoms with E-state index in [1.165, 1.54) is 36.4 Å². The predicted octanol–water partition coefficient (Wildman–Crippen LogP) is 4.01. The lowest BCUT2D eigenvalue weighted by Crippen LogP contribution is -2.22. The Morgan fingerprint density at radius 2 is 1.78 bits per heavy atom. The Hall–Kier alpha value is -2.27. The number of methoxy groups -OCH3 is 1. The van der Waals surface area contributed by atoms with Crippen molar-refractivity contribution in [2.75, 3.05) is 23.7 Å². The van der Waals surface area contributed by atoms with Crippen LogP contribution in [0.3, 0.4) is 0 Å². The first-order valence-corrected chi connectivity index (χ1v) is 9.61. The standard InChI is InChI=1S/C16H14BrF3N2O4S/c1-26-15(23)11-8-10(6-7-12(11)17)27(24,25)22-14-5-3-2-4-13(14)21-9-16(18,19)20/h2-8,21-22H,9H2,1H3. The molecule has 11 heteroatoms. The van der Waals surface area contributed by atoms with E-state index < -0.39 is 28.7 Å². The number of sulfonamides is 1. The summed E-state index contributed by atoms with van der Waals surface area (Å²) in [5, 5.41) is 2.14. The highest BCUT2D eigenvalue weighted by Gasteiger charge is 2.27. The van der Waals surface area contributed by atoms with Crippen LogP contribution in [0.1, 0.15) is 10.4 Å². The highest BCUT2D eigenvalue weighted by molar-refractivity contribution is 9.10. The van der Waals surface area contributed by atoms with Crippen LogP contribution in [-0.4, -0.2) is 34.2 Å². The van der Waals surface area contributed by atoms with Crippen LogP contribution in [0.25, 0.3) is 0 Å². The fourth-order valence-corrected chi connectivity index (χ4v) is 3.58. The van der Waals surface area contributed by atoms with Gasteiger partial charge in [-0.05, 0) is 46.3 Å². The van der Waals surface area contributed by atoms with Crippen LogP contribution < -0.4 is 10.0 Å². The predicted molar refractivity (Wildman–Crippen MR) is 97.3 cm³/mol. The molecule has 0 spiro atoms. The molecular formula is C16H14BrF3N2O4S. The smallest absolute Gasteiger partial charge is 0.405 e. The number of para-hydroxylation sites is 2. The first-order valence-electron chi connectivity index (χ1n) is 7.34. The zero-order valence-corrected chi connectivity index (χ0v) is 16.2. The van der Waals surface area contributed by atoms with Crippen molar-refractivity contribution in [2.45, 2.75) is 11.1 Å². The summed E-state index contributed by atoms with van der Waals surface area (Å²) >= 11 is 3.12. The normalized spacial score (nSPS) is 11.7. The number of hydrogen-bond acceptors (Lipinski definition) is 5. The molecule has 0 radical (unpaired) electrons. The van der Waals surface area contributed by atoms with Crippen molar-refractivity contribution in [1.29, 1.82) is 0 Å². The highest BCUT2D eigenvalue weighted by Crippen LogP contribution is 2.28. The summed E-state index contributed by atoms with van der Waals surface area (Å²) in [7, 11) is -3.02. The second kappa shape index (κ2) is 8.17. The van der Waals surface area contributed by atoms with Crippen LogP contribution in [-0.2, 0) is 14.8 Å². The van der Waals surface area contributed by atoms with Crippen LogP contribution in [0.2, 0.25) is 0 Å². The quantitative estimate of drug-likeness (QED) is 0.628. The number of anilines is 2. The molecule has 2 N–H and O–H groups in total. The Morgan fingerprint density at radius 1 is 1.15 bits per heavy atom. The van der Waals surface area contributed by atoms with Gasteiger partial charge >= 0.3 is 12.1 Å². The average Bonchev–Trinajstić information content (AvgIpc) is 2.59. The zero-order chi connectivity index (χ0) is 20.2. The Balaban J connectivity index is 2.34. The minimum atomic E-state index is -4.47. The molecule has 0 saturated heterocycles. The molecule has 0 fully saturated rings. The number of rotatable bonds is 6.